The van der Waals surface area contributed by atoms with Gasteiger partial charge in [-0.25, -0.2) is 8.78 Å². The third-order valence-corrected chi connectivity index (χ3v) is 5.87. The number of rotatable bonds is 1. The van der Waals surface area contributed by atoms with Gasteiger partial charge < -0.3 is 4.57 Å². The summed E-state index contributed by atoms with van der Waals surface area (Å²) in [7, 11) is 0. The number of aryl methyl sites for hydroxylation is 1. The molecule has 2 aromatic carbocycles. The lowest BCUT2D eigenvalue weighted by molar-refractivity contribution is 0.578. The summed E-state index contributed by atoms with van der Waals surface area (Å²) in [4.78, 5) is 20.8. The molecule has 0 saturated heterocycles. The number of fused-ring (bicyclic) bond motifs is 3. The lowest BCUT2D eigenvalue weighted by Crippen LogP contribution is -2.20. The van der Waals surface area contributed by atoms with E-state index in [0.29, 0.717) is 27.1 Å². The maximum absolute atomic E-state index is 14.6. The van der Waals surface area contributed by atoms with Gasteiger partial charge in [-0.2, -0.15) is 4.98 Å². The SMILES string of the molecule is Cc1cn2c(nc1=O)[C@H](C)N=C(c1c(F)cccc1F)c1c-2ccc(Br)c1Cl. The predicted octanol–water partition coefficient (Wildman–Crippen LogP) is 5.15. The van der Waals surface area contributed by atoms with E-state index >= 15 is 0 Å². The average molecular weight is 465 g/mol. The van der Waals surface area contributed by atoms with Gasteiger partial charge in [0.2, 0.25) is 0 Å². The Bertz CT molecular complexity index is 1200. The zero-order chi connectivity index (χ0) is 20.2. The Kier molecular flexibility index (Phi) is 4.67. The minimum atomic E-state index is -0.752. The van der Waals surface area contributed by atoms with Crippen LogP contribution in [0.4, 0.5) is 8.78 Å². The Labute approximate surface area is 172 Å². The number of nitrogens with zero attached hydrogens (tertiary/aromatic N) is 3. The first-order valence-electron chi connectivity index (χ1n) is 8.40. The molecule has 0 bridgehead atoms. The smallest absolute Gasteiger partial charge is 0.275 e. The third kappa shape index (κ3) is 2.89. The second-order valence-corrected chi connectivity index (χ2v) is 7.70. The first-order chi connectivity index (χ1) is 13.3. The van der Waals surface area contributed by atoms with Gasteiger partial charge in [0.25, 0.3) is 5.56 Å². The fraction of sp³-hybridized carbons (Fsp3) is 0.150. The summed E-state index contributed by atoms with van der Waals surface area (Å²) < 4.78 is 31.5. The van der Waals surface area contributed by atoms with Crippen molar-refractivity contribution < 1.29 is 8.78 Å². The maximum atomic E-state index is 14.6. The number of benzene rings is 2. The number of hydrogen-bond donors (Lipinski definition) is 0. The molecule has 1 atom stereocenters. The Hall–Kier alpha value is -2.38. The lowest BCUT2D eigenvalue weighted by Gasteiger charge is -2.17. The first kappa shape index (κ1) is 19.0. The molecule has 3 aromatic rings. The van der Waals surface area contributed by atoms with Crippen LogP contribution in [-0.2, 0) is 0 Å². The molecule has 1 aliphatic rings. The highest BCUT2D eigenvalue weighted by molar-refractivity contribution is 9.10. The average Bonchev–Trinajstić information content (AvgIpc) is 2.75. The molecule has 1 aromatic heterocycles. The molecule has 4 rings (SSSR count). The molecular formula is C20H13BrClF2N3O. The van der Waals surface area contributed by atoms with Crippen LogP contribution in [0.5, 0.6) is 0 Å². The van der Waals surface area contributed by atoms with Gasteiger partial charge in [-0.15, -0.1) is 0 Å². The van der Waals surface area contributed by atoms with E-state index < -0.39 is 17.7 Å². The zero-order valence-electron chi connectivity index (χ0n) is 14.8. The third-order valence-electron chi connectivity index (χ3n) is 4.59. The van der Waals surface area contributed by atoms with Gasteiger partial charge >= 0.3 is 0 Å². The monoisotopic (exact) mass is 463 g/mol. The summed E-state index contributed by atoms with van der Waals surface area (Å²) in [6.07, 6.45) is 1.64. The van der Waals surface area contributed by atoms with Gasteiger partial charge in [0.05, 0.1) is 22.0 Å². The minimum absolute atomic E-state index is 0.0694. The van der Waals surface area contributed by atoms with Crippen molar-refractivity contribution in [1.82, 2.24) is 9.55 Å². The van der Waals surface area contributed by atoms with Crippen molar-refractivity contribution in [3.8, 4) is 5.69 Å². The molecule has 2 heterocycles. The molecule has 0 N–H and O–H groups in total. The topological polar surface area (TPSA) is 47.2 Å². The van der Waals surface area contributed by atoms with Crippen molar-refractivity contribution in [2.45, 2.75) is 19.9 Å². The number of aromatic nitrogens is 2. The second-order valence-electron chi connectivity index (χ2n) is 6.46. The standard InChI is InChI=1S/C20H13BrClF2N3O/c1-9-8-27-14-7-6-11(21)17(22)16(14)18(15-12(23)4-3-5-13(15)24)25-10(2)19(27)26-20(9)28/h3-8,10H,1-2H3/t10-/m0/s1. The van der Waals surface area contributed by atoms with E-state index in [1.807, 2.05) is 0 Å². The van der Waals surface area contributed by atoms with Gasteiger partial charge in [0.1, 0.15) is 23.5 Å². The Morgan fingerprint density at radius 1 is 1.14 bits per heavy atom. The molecule has 8 heteroatoms. The van der Waals surface area contributed by atoms with Crippen molar-refractivity contribution in [2.75, 3.05) is 0 Å². The van der Waals surface area contributed by atoms with Gasteiger partial charge in [0.15, 0.2) is 0 Å². The Morgan fingerprint density at radius 3 is 2.50 bits per heavy atom. The van der Waals surface area contributed by atoms with E-state index in [1.54, 1.807) is 36.7 Å². The van der Waals surface area contributed by atoms with E-state index in [0.717, 1.165) is 0 Å². The number of hydrogen-bond acceptors (Lipinski definition) is 3. The lowest BCUT2D eigenvalue weighted by atomic mass is 9.99. The molecule has 28 heavy (non-hydrogen) atoms. The summed E-state index contributed by atoms with van der Waals surface area (Å²) in [5.41, 5.74) is 0.739. The van der Waals surface area contributed by atoms with Crippen LogP contribution in [0.2, 0.25) is 5.02 Å². The van der Waals surface area contributed by atoms with Crippen molar-refractivity contribution in [3.05, 3.63) is 90.5 Å². The summed E-state index contributed by atoms with van der Waals surface area (Å²) >= 11 is 9.92. The molecule has 0 aliphatic carbocycles. The van der Waals surface area contributed by atoms with Crippen molar-refractivity contribution in [3.63, 3.8) is 0 Å². The highest BCUT2D eigenvalue weighted by Gasteiger charge is 2.29. The van der Waals surface area contributed by atoms with Crippen molar-refractivity contribution in [1.29, 1.82) is 0 Å². The highest BCUT2D eigenvalue weighted by atomic mass is 79.9. The van der Waals surface area contributed by atoms with E-state index in [9.17, 15) is 13.6 Å². The van der Waals surface area contributed by atoms with Gasteiger partial charge in [-0.1, -0.05) is 17.7 Å². The quantitative estimate of drug-likeness (QED) is 0.500. The van der Waals surface area contributed by atoms with Crippen LogP contribution in [0.25, 0.3) is 5.69 Å². The number of halogens is 4. The Balaban J connectivity index is 2.17. The normalized spacial score (nSPS) is 15.5. The van der Waals surface area contributed by atoms with Gasteiger partial charge in [-0.3, -0.25) is 9.79 Å². The molecule has 0 spiro atoms. The highest BCUT2D eigenvalue weighted by Crippen LogP contribution is 2.37. The van der Waals surface area contributed by atoms with Crippen LogP contribution in [0.1, 0.15) is 35.5 Å². The van der Waals surface area contributed by atoms with E-state index in [-0.39, 0.29) is 21.9 Å². The maximum Gasteiger partial charge on any atom is 0.275 e. The van der Waals surface area contributed by atoms with E-state index in [1.165, 1.54) is 18.2 Å². The van der Waals surface area contributed by atoms with Crippen molar-refractivity contribution in [2.24, 2.45) is 4.99 Å². The van der Waals surface area contributed by atoms with Crippen LogP contribution < -0.4 is 5.56 Å². The largest absolute Gasteiger partial charge is 0.302 e. The summed E-state index contributed by atoms with van der Waals surface area (Å²) in [5.74, 6) is -1.14. The molecule has 4 nitrogen and oxygen atoms in total. The minimum Gasteiger partial charge on any atom is -0.302 e. The van der Waals surface area contributed by atoms with Gasteiger partial charge in [-0.05, 0) is 54.0 Å². The first-order valence-corrected chi connectivity index (χ1v) is 9.57. The molecule has 0 amide bonds. The van der Waals surface area contributed by atoms with E-state index in [2.05, 4.69) is 25.9 Å². The second kappa shape index (κ2) is 6.90. The summed E-state index contributed by atoms with van der Waals surface area (Å²) in [5, 5.41) is 0.260. The van der Waals surface area contributed by atoms with Crippen LogP contribution in [0.15, 0.2) is 50.8 Å². The van der Waals surface area contributed by atoms with Crippen LogP contribution in [0, 0.1) is 18.6 Å². The Morgan fingerprint density at radius 2 is 1.82 bits per heavy atom. The van der Waals surface area contributed by atoms with Crippen LogP contribution in [-0.4, -0.2) is 15.3 Å². The summed E-state index contributed by atoms with van der Waals surface area (Å²) in [6, 6.07) is 6.46. The molecule has 0 saturated carbocycles. The molecule has 1 aliphatic heterocycles. The van der Waals surface area contributed by atoms with Crippen LogP contribution >= 0.6 is 27.5 Å². The van der Waals surface area contributed by atoms with E-state index in [4.69, 9.17) is 11.6 Å². The zero-order valence-corrected chi connectivity index (χ0v) is 17.1. The molecule has 0 unspecified atom stereocenters. The molecular weight excluding hydrogens is 452 g/mol. The summed E-state index contributed by atoms with van der Waals surface area (Å²) in [6.45, 7) is 3.36. The molecule has 0 radical (unpaired) electrons. The van der Waals surface area contributed by atoms with Crippen molar-refractivity contribution >= 4 is 33.2 Å². The fourth-order valence-electron chi connectivity index (χ4n) is 3.24. The predicted molar refractivity (Wildman–Crippen MR) is 108 cm³/mol. The number of aliphatic imine (C=N–C) groups is 1. The van der Waals surface area contributed by atoms with Gasteiger partial charge in [0, 0.05) is 21.8 Å². The fourth-order valence-corrected chi connectivity index (χ4v) is 3.82. The van der Waals surface area contributed by atoms with Crippen LogP contribution in [0.3, 0.4) is 0 Å². The molecule has 142 valence electrons. The molecule has 0 fully saturated rings.